The molecule has 2 N–H and O–H groups in total. The molecule has 0 spiro atoms. The number of carbonyl (C=O) groups is 2. The molecule has 0 unspecified atom stereocenters. The highest BCUT2D eigenvalue weighted by atomic mass is 32.2. The Balaban J connectivity index is 2.23. The second-order valence-corrected chi connectivity index (χ2v) is 8.46. The molecule has 138 valence electrons. The van der Waals surface area contributed by atoms with Gasteiger partial charge in [-0.3, -0.25) is 4.79 Å². The standard InChI is InChI=1S/C17H24N2O5S/c1-12(2)15(17(21)22)18-16(20)13-7-6-8-14(11-13)25(23,24)19-9-4-3-5-10-19/h6-8,11-12,15H,3-5,9-10H2,1-2H3,(H,18,20)(H,21,22)/t15-/m0/s1. The van der Waals surface area contributed by atoms with Crippen LogP contribution in [0, 0.1) is 5.92 Å². The van der Waals surface area contributed by atoms with Gasteiger partial charge in [0.15, 0.2) is 0 Å². The summed E-state index contributed by atoms with van der Waals surface area (Å²) in [6, 6.07) is 4.70. The molecule has 1 amide bonds. The average Bonchev–Trinajstić information content (AvgIpc) is 2.59. The Kier molecular flexibility index (Phi) is 6.18. The Morgan fingerprint density at radius 2 is 1.80 bits per heavy atom. The molecule has 1 fully saturated rings. The average molecular weight is 368 g/mol. The van der Waals surface area contributed by atoms with E-state index in [1.807, 2.05) is 0 Å². The fraction of sp³-hybridized carbons (Fsp3) is 0.529. The first kappa shape index (κ1) is 19.4. The SMILES string of the molecule is CC(C)[C@H](NC(=O)c1cccc(S(=O)(=O)N2CCCCC2)c1)C(=O)O. The van der Waals surface area contributed by atoms with E-state index >= 15 is 0 Å². The molecule has 8 heteroatoms. The summed E-state index contributed by atoms with van der Waals surface area (Å²) in [5, 5.41) is 11.6. The number of carboxylic acid groups (broad SMARTS) is 1. The summed E-state index contributed by atoms with van der Waals surface area (Å²) in [7, 11) is -3.64. The highest BCUT2D eigenvalue weighted by Gasteiger charge is 2.28. The zero-order valence-corrected chi connectivity index (χ0v) is 15.3. The van der Waals surface area contributed by atoms with Gasteiger partial charge >= 0.3 is 5.97 Å². The first-order chi connectivity index (χ1) is 11.7. The Hall–Kier alpha value is -1.93. The van der Waals surface area contributed by atoms with Crippen molar-refractivity contribution in [3.63, 3.8) is 0 Å². The first-order valence-electron chi connectivity index (χ1n) is 8.37. The van der Waals surface area contributed by atoms with Crippen LogP contribution in [0.4, 0.5) is 0 Å². The molecule has 2 rings (SSSR count). The molecule has 1 aromatic carbocycles. The minimum atomic E-state index is -3.64. The molecule has 0 aromatic heterocycles. The molecular weight excluding hydrogens is 344 g/mol. The van der Waals surface area contributed by atoms with Crippen LogP contribution in [0.2, 0.25) is 0 Å². The lowest BCUT2D eigenvalue weighted by atomic mass is 10.0. The summed E-state index contributed by atoms with van der Waals surface area (Å²) in [6.45, 7) is 4.34. The van der Waals surface area contributed by atoms with Crippen LogP contribution in [-0.4, -0.2) is 48.8 Å². The number of carboxylic acids is 1. The van der Waals surface area contributed by atoms with Gasteiger partial charge in [0.1, 0.15) is 6.04 Å². The van der Waals surface area contributed by atoms with Gasteiger partial charge in [-0.1, -0.05) is 26.3 Å². The lowest BCUT2D eigenvalue weighted by Gasteiger charge is -2.26. The molecule has 1 aliphatic rings. The molecule has 0 aliphatic carbocycles. The molecule has 0 saturated carbocycles. The normalized spacial score (nSPS) is 17.2. The van der Waals surface area contributed by atoms with E-state index in [1.165, 1.54) is 28.6 Å². The van der Waals surface area contributed by atoms with E-state index in [0.717, 1.165) is 19.3 Å². The maximum absolute atomic E-state index is 12.7. The predicted molar refractivity (Wildman–Crippen MR) is 92.8 cm³/mol. The van der Waals surface area contributed by atoms with Gasteiger partial charge in [-0.15, -0.1) is 0 Å². The van der Waals surface area contributed by atoms with E-state index in [9.17, 15) is 23.1 Å². The Labute approximate surface area is 148 Å². The molecule has 25 heavy (non-hydrogen) atoms. The highest BCUT2D eigenvalue weighted by Crippen LogP contribution is 2.21. The second-order valence-electron chi connectivity index (χ2n) is 6.53. The van der Waals surface area contributed by atoms with Crippen LogP contribution in [0.1, 0.15) is 43.5 Å². The molecule has 1 aromatic rings. The van der Waals surface area contributed by atoms with Crippen molar-refractivity contribution in [1.82, 2.24) is 9.62 Å². The zero-order chi connectivity index (χ0) is 18.6. The summed E-state index contributed by atoms with van der Waals surface area (Å²) in [6.07, 6.45) is 2.67. The third-order valence-electron chi connectivity index (χ3n) is 4.27. The van der Waals surface area contributed by atoms with Crippen molar-refractivity contribution in [3.8, 4) is 0 Å². The Bertz CT molecular complexity index is 739. The van der Waals surface area contributed by atoms with Crippen LogP contribution in [0.5, 0.6) is 0 Å². The molecular formula is C17H24N2O5S. The maximum Gasteiger partial charge on any atom is 0.326 e. The third-order valence-corrected chi connectivity index (χ3v) is 6.16. The van der Waals surface area contributed by atoms with E-state index < -0.39 is 27.9 Å². The van der Waals surface area contributed by atoms with Gasteiger partial charge in [0, 0.05) is 18.7 Å². The van der Waals surface area contributed by atoms with Crippen molar-refractivity contribution in [2.75, 3.05) is 13.1 Å². The van der Waals surface area contributed by atoms with Gasteiger partial charge in [0.2, 0.25) is 10.0 Å². The minimum Gasteiger partial charge on any atom is -0.480 e. The quantitative estimate of drug-likeness (QED) is 0.795. The largest absolute Gasteiger partial charge is 0.480 e. The van der Waals surface area contributed by atoms with Crippen molar-refractivity contribution in [3.05, 3.63) is 29.8 Å². The summed E-state index contributed by atoms with van der Waals surface area (Å²) >= 11 is 0. The van der Waals surface area contributed by atoms with E-state index in [-0.39, 0.29) is 16.4 Å². The van der Waals surface area contributed by atoms with Gasteiger partial charge in [0.05, 0.1) is 4.90 Å². The molecule has 1 heterocycles. The molecule has 0 radical (unpaired) electrons. The predicted octanol–water partition coefficient (Wildman–Crippen LogP) is 1.70. The number of amides is 1. The minimum absolute atomic E-state index is 0.0541. The number of rotatable bonds is 6. The van der Waals surface area contributed by atoms with Gasteiger partial charge in [-0.05, 0) is 37.0 Å². The monoisotopic (exact) mass is 368 g/mol. The molecule has 1 saturated heterocycles. The number of nitrogens with zero attached hydrogens (tertiary/aromatic N) is 1. The first-order valence-corrected chi connectivity index (χ1v) is 9.81. The zero-order valence-electron chi connectivity index (χ0n) is 14.4. The summed E-state index contributed by atoms with van der Waals surface area (Å²) in [5.41, 5.74) is 0.130. The van der Waals surface area contributed by atoms with Crippen LogP contribution in [0.3, 0.4) is 0 Å². The lowest BCUT2D eigenvalue weighted by Crippen LogP contribution is -2.44. The topological polar surface area (TPSA) is 104 Å². The number of aliphatic carboxylic acids is 1. The molecule has 7 nitrogen and oxygen atoms in total. The molecule has 1 aliphatic heterocycles. The maximum atomic E-state index is 12.7. The van der Waals surface area contributed by atoms with Crippen molar-refractivity contribution >= 4 is 21.9 Å². The number of hydrogen-bond donors (Lipinski definition) is 2. The smallest absolute Gasteiger partial charge is 0.326 e. The van der Waals surface area contributed by atoms with Crippen LogP contribution in [0.25, 0.3) is 0 Å². The molecule has 1 atom stereocenters. The van der Waals surface area contributed by atoms with E-state index in [0.29, 0.717) is 13.1 Å². The third kappa shape index (κ3) is 4.58. The fourth-order valence-electron chi connectivity index (χ4n) is 2.79. The van der Waals surface area contributed by atoms with Gasteiger partial charge in [-0.25, -0.2) is 13.2 Å². The van der Waals surface area contributed by atoms with Crippen molar-refractivity contribution in [2.45, 2.75) is 44.0 Å². The number of piperidine rings is 1. The van der Waals surface area contributed by atoms with E-state index in [4.69, 9.17) is 0 Å². The van der Waals surface area contributed by atoms with Crippen molar-refractivity contribution in [2.24, 2.45) is 5.92 Å². The Morgan fingerprint density at radius 3 is 2.36 bits per heavy atom. The summed E-state index contributed by atoms with van der Waals surface area (Å²) in [4.78, 5) is 23.6. The number of sulfonamides is 1. The number of carbonyl (C=O) groups excluding carboxylic acids is 1. The Morgan fingerprint density at radius 1 is 1.16 bits per heavy atom. The van der Waals surface area contributed by atoms with Crippen LogP contribution < -0.4 is 5.32 Å². The lowest BCUT2D eigenvalue weighted by molar-refractivity contribution is -0.140. The second kappa shape index (κ2) is 7.97. The fourth-order valence-corrected chi connectivity index (χ4v) is 4.35. The van der Waals surface area contributed by atoms with Gasteiger partial charge in [-0.2, -0.15) is 4.31 Å². The van der Waals surface area contributed by atoms with Crippen molar-refractivity contribution in [1.29, 1.82) is 0 Å². The van der Waals surface area contributed by atoms with Crippen LogP contribution in [0.15, 0.2) is 29.2 Å². The van der Waals surface area contributed by atoms with Crippen molar-refractivity contribution < 1.29 is 23.1 Å². The number of hydrogen-bond acceptors (Lipinski definition) is 4. The van der Waals surface area contributed by atoms with Gasteiger partial charge < -0.3 is 10.4 Å². The van der Waals surface area contributed by atoms with E-state index in [2.05, 4.69) is 5.32 Å². The van der Waals surface area contributed by atoms with E-state index in [1.54, 1.807) is 13.8 Å². The summed E-state index contributed by atoms with van der Waals surface area (Å²) < 4.78 is 26.8. The van der Waals surface area contributed by atoms with Crippen LogP contribution in [-0.2, 0) is 14.8 Å². The highest BCUT2D eigenvalue weighted by molar-refractivity contribution is 7.89. The molecule has 0 bridgehead atoms. The number of nitrogens with one attached hydrogen (secondary N) is 1. The number of benzene rings is 1. The summed E-state index contributed by atoms with van der Waals surface area (Å²) in [5.74, 6) is -2.01. The van der Waals surface area contributed by atoms with Gasteiger partial charge in [0.25, 0.3) is 5.91 Å². The van der Waals surface area contributed by atoms with Crippen LogP contribution >= 0.6 is 0 Å².